The lowest BCUT2D eigenvalue weighted by molar-refractivity contribution is 0.124. The molecule has 0 radical (unpaired) electrons. The number of nitrogens with zero attached hydrogens (tertiary/aromatic N) is 7. The van der Waals surface area contributed by atoms with Crippen LogP contribution in [0.3, 0.4) is 0 Å². The molecule has 0 spiro atoms. The van der Waals surface area contributed by atoms with Crippen molar-refractivity contribution in [2.24, 2.45) is 0 Å². The molecule has 0 aliphatic heterocycles. The Hall–Kier alpha value is -3.18. The molecule has 4 aromatic heterocycles. The average molecular weight is 495 g/mol. The molecular formula is C24H30N8O2S. The van der Waals surface area contributed by atoms with Crippen LogP contribution in [0.1, 0.15) is 37.4 Å². The van der Waals surface area contributed by atoms with Crippen molar-refractivity contribution in [3.63, 3.8) is 0 Å². The molecule has 10 nitrogen and oxygen atoms in total. The molecule has 1 aliphatic rings. The van der Waals surface area contributed by atoms with Crippen molar-refractivity contribution in [1.82, 2.24) is 34.5 Å². The van der Waals surface area contributed by atoms with E-state index in [4.69, 9.17) is 9.84 Å². The van der Waals surface area contributed by atoms with E-state index in [0.29, 0.717) is 18.2 Å². The summed E-state index contributed by atoms with van der Waals surface area (Å²) >= 11 is -0.859. The minimum Gasteiger partial charge on any atom is -0.617 e. The van der Waals surface area contributed by atoms with Crippen LogP contribution in [-0.2, 0) is 17.7 Å². The van der Waals surface area contributed by atoms with E-state index >= 15 is 0 Å². The Balaban J connectivity index is 1.39. The zero-order valence-corrected chi connectivity index (χ0v) is 21.0. The fourth-order valence-electron chi connectivity index (χ4n) is 4.57. The van der Waals surface area contributed by atoms with Gasteiger partial charge in [-0.25, -0.2) is 9.97 Å². The van der Waals surface area contributed by atoms with Gasteiger partial charge < -0.3 is 14.6 Å². The van der Waals surface area contributed by atoms with Crippen molar-refractivity contribution in [2.45, 2.75) is 51.3 Å². The molecule has 11 heteroatoms. The molecule has 0 aromatic carbocycles. The monoisotopic (exact) mass is 494 g/mol. The maximum atomic E-state index is 11.5. The largest absolute Gasteiger partial charge is 0.617 e. The lowest BCUT2D eigenvalue weighted by Crippen LogP contribution is -2.26. The summed E-state index contributed by atoms with van der Waals surface area (Å²) in [6.07, 6.45) is 14.6. The number of fused-ring (bicyclic) bond motifs is 1. The van der Waals surface area contributed by atoms with Gasteiger partial charge in [-0.3, -0.25) is 14.3 Å². The number of pyridine rings is 1. The molecule has 0 bridgehead atoms. The average Bonchev–Trinajstić information content (AvgIpc) is 3.49. The lowest BCUT2D eigenvalue weighted by Gasteiger charge is -2.29. The third-order valence-electron chi connectivity index (χ3n) is 6.47. The van der Waals surface area contributed by atoms with Gasteiger partial charge in [-0.2, -0.15) is 10.2 Å². The van der Waals surface area contributed by atoms with E-state index < -0.39 is 11.2 Å². The first-order chi connectivity index (χ1) is 17.0. The topological polar surface area (TPSA) is 119 Å². The van der Waals surface area contributed by atoms with Crippen molar-refractivity contribution in [2.75, 3.05) is 24.4 Å². The Morgan fingerprint density at radius 1 is 1.14 bits per heavy atom. The van der Waals surface area contributed by atoms with E-state index in [0.717, 1.165) is 59.4 Å². The van der Waals surface area contributed by atoms with Gasteiger partial charge in [0.15, 0.2) is 0 Å². The van der Waals surface area contributed by atoms with E-state index in [1.807, 2.05) is 37.2 Å². The maximum absolute atomic E-state index is 11.5. The fraction of sp³-hybridized carbons (Fsp3) is 0.458. The summed E-state index contributed by atoms with van der Waals surface area (Å²) in [5, 5.41) is 13.7. The zero-order chi connectivity index (χ0) is 24.4. The number of aromatic nitrogens is 7. The third-order valence-corrected chi connectivity index (χ3v) is 7.22. The second-order valence-electron chi connectivity index (χ2n) is 8.89. The number of aryl methyl sites for hydroxylation is 2. The molecule has 4 heterocycles. The molecular weight excluding hydrogens is 464 g/mol. The fourth-order valence-corrected chi connectivity index (χ4v) is 5.01. The van der Waals surface area contributed by atoms with Gasteiger partial charge in [0.25, 0.3) is 0 Å². The highest BCUT2D eigenvalue weighted by Gasteiger charge is 2.27. The molecule has 0 saturated heterocycles. The third kappa shape index (κ3) is 5.10. The van der Waals surface area contributed by atoms with Crippen molar-refractivity contribution in [3.05, 3.63) is 42.7 Å². The number of rotatable bonds is 8. The van der Waals surface area contributed by atoms with Crippen LogP contribution < -0.4 is 10.1 Å². The normalized spacial score (nSPS) is 19.1. The molecule has 4 aromatic rings. The molecule has 5 rings (SSSR count). The minimum absolute atomic E-state index is 0.125. The summed E-state index contributed by atoms with van der Waals surface area (Å²) in [5.74, 6) is 2.00. The quantitative estimate of drug-likeness (QED) is 0.370. The summed E-state index contributed by atoms with van der Waals surface area (Å²) in [4.78, 5) is 13.1. The van der Waals surface area contributed by atoms with Gasteiger partial charge in [-0.05, 0) is 32.6 Å². The first-order valence-corrected chi connectivity index (χ1v) is 13.6. The predicted molar refractivity (Wildman–Crippen MR) is 136 cm³/mol. The van der Waals surface area contributed by atoms with Crippen LogP contribution >= 0.6 is 0 Å². The smallest absolute Gasteiger partial charge is 0.235 e. The van der Waals surface area contributed by atoms with Gasteiger partial charge in [0, 0.05) is 48.9 Å². The molecule has 1 fully saturated rings. The van der Waals surface area contributed by atoms with E-state index in [9.17, 15) is 4.55 Å². The van der Waals surface area contributed by atoms with Crippen molar-refractivity contribution in [3.8, 4) is 17.1 Å². The summed E-state index contributed by atoms with van der Waals surface area (Å²) in [7, 11) is 1.87. The molecule has 1 atom stereocenters. The van der Waals surface area contributed by atoms with E-state index in [2.05, 4.69) is 36.1 Å². The maximum Gasteiger partial charge on any atom is 0.235 e. The molecule has 1 saturated carbocycles. The number of anilines is 1. The highest BCUT2D eigenvalue weighted by Crippen LogP contribution is 2.36. The van der Waals surface area contributed by atoms with Gasteiger partial charge in [0.1, 0.15) is 23.4 Å². The Kier molecular flexibility index (Phi) is 6.87. The summed E-state index contributed by atoms with van der Waals surface area (Å²) in [5.41, 5.74) is 3.67. The minimum atomic E-state index is -0.859. The molecule has 35 heavy (non-hydrogen) atoms. The molecule has 1 unspecified atom stereocenters. The Labute approximate surface area is 207 Å². The van der Waals surface area contributed by atoms with Gasteiger partial charge in [0.2, 0.25) is 5.88 Å². The standard InChI is InChI=1S/C24H30N8O2S/c1-16-24(27-9-8-26-16)34-19-6-4-18(5-7-19)32-21-12-22(25-2)28-14-20(21)23(30-32)17-13-29-31(15-17)10-11-35(3)33/h8-9,12-15,18-19H,4-7,10-11H2,1-3H3,(H,25,28). The number of ether oxygens (including phenoxy) is 1. The summed E-state index contributed by atoms with van der Waals surface area (Å²) in [6, 6.07) is 2.32. The van der Waals surface area contributed by atoms with Crippen LogP contribution in [0.5, 0.6) is 5.88 Å². The van der Waals surface area contributed by atoms with Crippen molar-refractivity contribution >= 4 is 27.9 Å². The van der Waals surface area contributed by atoms with Crippen LogP contribution in [0.2, 0.25) is 0 Å². The highest BCUT2D eigenvalue weighted by molar-refractivity contribution is 7.90. The Bertz CT molecular complexity index is 1300. The zero-order valence-electron chi connectivity index (χ0n) is 20.2. The lowest BCUT2D eigenvalue weighted by atomic mass is 9.93. The number of hydrogen-bond donors (Lipinski definition) is 1. The second-order valence-corrected chi connectivity index (χ2v) is 10.4. The molecule has 1 N–H and O–H groups in total. The van der Waals surface area contributed by atoms with Crippen LogP contribution in [0, 0.1) is 6.92 Å². The first-order valence-electron chi connectivity index (χ1n) is 11.8. The van der Waals surface area contributed by atoms with Crippen LogP contribution in [0.15, 0.2) is 37.1 Å². The Morgan fingerprint density at radius 2 is 1.94 bits per heavy atom. The first kappa shape index (κ1) is 23.6. The summed E-state index contributed by atoms with van der Waals surface area (Å²) in [6.45, 7) is 2.53. The van der Waals surface area contributed by atoms with E-state index in [-0.39, 0.29) is 12.1 Å². The van der Waals surface area contributed by atoms with Gasteiger partial charge in [-0.1, -0.05) is 11.2 Å². The van der Waals surface area contributed by atoms with Crippen LogP contribution in [0.4, 0.5) is 5.82 Å². The molecule has 0 amide bonds. The van der Waals surface area contributed by atoms with Crippen molar-refractivity contribution < 1.29 is 9.29 Å². The van der Waals surface area contributed by atoms with E-state index in [1.54, 1.807) is 18.6 Å². The predicted octanol–water partition coefficient (Wildman–Crippen LogP) is 3.38. The van der Waals surface area contributed by atoms with Gasteiger partial charge in [0.05, 0.1) is 36.2 Å². The van der Waals surface area contributed by atoms with Gasteiger partial charge >= 0.3 is 0 Å². The molecule has 1 aliphatic carbocycles. The second kappa shape index (κ2) is 10.2. The summed E-state index contributed by atoms with van der Waals surface area (Å²) < 4.78 is 21.6. The van der Waals surface area contributed by atoms with Crippen LogP contribution in [-0.4, -0.2) is 64.2 Å². The van der Waals surface area contributed by atoms with Crippen molar-refractivity contribution in [1.29, 1.82) is 0 Å². The SMILES string of the molecule is CNc1cc2c(cn1)c(-c1cnn(CC[S+](C)[O-])c1)nn2C1CCC(Oc2nccnc2C)CC1. The number of hydrogen-bond acceptors (Lipinski definition) is 8. The van der Waals surface area contributed by atoms with E-state index in [1.165, 1.54) is 0 Å². The Morgan fingerprint density at radius 3 is 2.69 bits per heavy atom. The van der Waals surface area contributed by atoms with Gasteiger partial charge in [-0.15, -0.1) is 0 Å². The van der Waals surface area contributed by atoms with Crippen LogP contribution in [0.25, 0.3) is 22.2 Å². The number of nitrogens with one attached hydrogen (secondary N) is 1. The highest BCUT2D eigenvalue weighted by atomic mass is 32.2. The molecule has 184 valence electrons.